The first-order chi connectivity index (χ1) is 30.2. The first kappa shape index (κ1) is 59.0. The number of unbranched alkanes of at least 4 members (excludes halogenated alkanes) is 15. The number of hydrogen-bond donors (Lipinski definition) is 10. The van der Waals surface area contributed by atoms with Gasteiger partial charge in [-0.3, -0.25) is 38.7 Å². The average Bonchev–Trinajstić information content (AvgIpc) is 3.24. The van der Waals surface area contributed by atoms with E-state index in [2.05, 4.69) is 26.6 Å². The number of nitrogens with two attached hydrogens (primary N) is 5. The number of nitrogens with zero attached hydrogens (tertiary/aromatic N) is 3. The zero-order chi connectivity index (χ0) is 45.7. The number of nitrogens with one attached hydrogen (secondary N) is 5. The van der Waals surface area contributed by atoms with Gasteiger partial charge in [-0.05, 0) is 96.9 Å². The van der Waals surface area contributed by atoms with Gasteiger partial charge < -0.3 is 55.3 Å². The number of carbonyl (C=O) groups excluding carboxylic acids is 5. The van der Waals surface area contributed by atoms with E-state index in [9.17, 15) is 24.0 Å². The zero-order valence-electron chi connectivity index (χ0n) is 38.8. The molecule has 18 nitrogen and oxygen atoms in total. The Balaban J connectivity index is 5.92. The van der Waals surface area contributed by atoms with Crippen molar-refractivity contribution in [1.82, 2.24) is 41.3 Å². The molecule has 0 aliphatic carbocycles. The van der Waals surface area contributed by atoms with E-state index < -0.39 is 0 Å². The Morgan fingerprint density at radius 3 is 0.645 bits per heavy atom. The molecule has 0 unspecified atom stereocenters. The molecule has 364 valence electrons. The van der Waals surface area contributed by atoms with Crippen molar-refractivity contribution in [2.75, 3.05) is 124 Å². The lowest BCUT2D eigenvalue weighted by molar-refractivity contribution is -0.126. The van der Waals surface area contributed by atoms with Crippen LogP contribution in [-0.4, -0.2) is 169 Å². The third-order valence-electron chi connectivity index (χ3n) is 10.6. The Bertz CT molecular complexity index is 979. The summed E-state index contributed by atoms with van der Waals surface area (Å²) in [5, 5.41) is 15.0. The van der Waals surface area contributed by atoms with Gasteiger partial charge in [0.15, 0.2) is 0 Å². The molecule has 0 saturated carbocycles. The molecule has 0 radical (unpaired) electrons. The summed E-state index contributed by atoms with van der Waals surface area (Å²) in [4.78, 5) is 71.4. The van der Waals surface area contributed by atoms with Crippen LogP contribution in [0, 0.1) is 0 Å². The summed E-state index contributed by atoms with van der Waals surface area (Å²) in [6, 6.07) is 0. The second-order valence-corrected chi connectivity index (χ2v) is 16.5. The molecule has 0 aromatic carbocycles. The third kappa shape index (κ3) is 39.8. The molecule has 0 rings (SSSR count). The highest BCUT2D eigenvalue weighted by molar-refractivity contribution is 5.82. The van der Waals surface area contributed by atoms with Crippen LogP contribution in [0.3, 0.4) is 0 Å². The molecule has 0 atom stereocenters. The number of hydrogen-bond acceptors (Lipinski definition) is 13. The van der Waals surface area contributed by atoms with Crippen LogP contribution in [0.5, 0.6) is 0 Å². The van der Waals surface area contributed by atoms with Crippen LogP contribution in [0.25, 0.3) is 0 Å². The van der Waals surface area contributed by atoms with E-state index in [0.717, 1.165) is 128 Å². The molecule has 0 saturated heterocycles. The minimum Gasteiger partial charge on any atom is -0.355 e. The van der Waals surface area contributed by atoms with Crippen LogP contribution in [-0.2, 0) is 24.0 Å². The predicted molar refractivity (Wildman–Crippen MR) is 252 cm³/mol. The SMILES string of the molecule is NCCCCCCNC(=O)CN(CCN(CC(=O)NCCCCCCN)CC(=O)NCCCCCCN)CCN(CC(=O)NCCCCCCN)CC(=O)NCCCCCCN. The van der Waals surface area contributed by atoms with E-state index in [4.69, 9.17) is 28.7 Å². The van der Waals surface area contributed by atoms with Gasteiger partial charge in [-0.25, -0.2) is 0 Å². The second kappa shape index (κ2) is 44.6. The second-order valence-electron chi connectivity index (χ2n) is 16.5. The van der Waals surface area contributed by atoms with Crippen molar-refractivity contribution in [2.24, 2.45) is 28.7 Å². The highest BCUT2D eigenvalue weighted by Crippen LogP contribution is 2.03. The molecule has 18 heteroatoms. The Labute approximate surface area is 375 Å². The van der Waals surface area contributed by atoms with Gasteiger partial charge in [0.05, 0.1) is 32.7 Å². The molecule has 0 aromatic heterocycles. The lowest BCUT2D eigenvalue weighted by Gasteiger charge is -2.29. The van der Waals surface area contributed by atoms with Gasteiger partial charge >= 0.3 is 0 Å². The van der Waals surface area contributed by atoms with Gasteiger partial charge in [0, 0.05) is 58.9 Å². The summed E-state index contributed by atoms with van der Waals surface area (Å²) in [6.45, 7) is 7.63. The Morgan fingerprint density at radius 1 is 0.258 bits per heavy atom. The molecule has 0 aromatic rings. The Hall–Kier alpha value is -2.97. The fourth-order valence-electron chi connectivity index (χ4n) is 6.81. The topological polar surface area (TPSA) is 285 Å². The van der Waals surface area contributed by atoms with Crippen LogP contribution in [0.1, 0.15) is 128 Å². The number of carbonyl (C=O) groups is 5. The molecule has 0 heterocycles. The normalized spacial score (nSPS) is 11.4. The van der Waals surface area contributed by atoms with Crippen LogP contribution in [0.4, 0.5) is 0 Å². The van der Waals surface area contributed by atoms with E-state index in [0.29, 0.717) is 91.6 Å². The molecule has 62 heavy (non-hydrogen) atoms. The van der Waals surface area contributed by atoms with E-state index in [1.807, 2.05) is 14.7 Å². The van der Waals surface area contributed by atoms with Crippen molar-refractivity contribution in [3.8, 4) is 0 Å². The monoisotopic (exact) mass is 884 g/mol. The maximum absolute atomic E-state index is 13.3. The predicted octanol–water partition coefficient (Wildman–Crippen LogP) is 0.0689. The molecule has 0 fully saturated rings. The minimum absolute atomic E-state index is 0.0282. The zero-order valence-corrected chi connectivity index (χ0v) is 38.8. The Morgan fingerprint density at radius 2 is 0.435 bits per heavy atom. The van der Waals surface area contributed by atoms with Crippen LogP contribution < -0.4 is 55.3 Å². The third-order valence-corrected chi connectivity index (χ3v) is 10.6. The van der Waals surface area contributed by atoms with Crippen molar-refractivity contribution in [3.63, 3.8) is 0 Å². The van der Waals surface area contributed by atoms with Gasteiger partial charge in [-0.1, -0.05) is 64.2 Å². The summed E-state index contributed by atoms with van der Waals surface area (Å²) in [5.41, 5.74) is 28.1. The fourth-order valence-corrected chi connectivity index (χ4v) is 6.81. The highest BCUT2D eigenvalue weighted by atomic mass is 16.2. The fraction of sp³-hybridized carbons (Fsp3) is 0.886. The van der Waals surface area contributed by atoms with Crippen molar-refractivity contribution in [2.45, 2.75) is 128 Å². The summed E-state index contributed by atoms with van der Waals surface area (Å²) in [7, 11) is 0. The molecule has 0 aliphatic rings. The number of rotatable bonds is 46. The highest BCUT2D eigenvalue weighted by Gasteiger charge is 2.20. The van der Waals surface area contributed by atoms with Gasteiger partial charge in [0.25, 0.3) is 0 Å². The van der Waals surface area contributed by atoms with E-state index >= 15 is 0 Å². The maximum Gasteiger partial charge on any atom is 0.234 e. The lowest BCUT2D eigenvalue weighted by Crippen LogP contribution is -2.49. The maximum atomic E-state index is 13.3. The quantitative estimate of drug-likeness (QED) is 0.0363. The molecule has 15 N–H and O–H groups in total. The van der Waals surface area contributed by atoms with Crippen molar-refractivity contribution in [1.29, 1.82) is 0 Å². The summed E-state index contributed by atoms with van der Waals surface area (Å²) in [5.74, 6) is -0.807. The van der Waals surface area contributed by atoms with Crippen molar-refractivity contribution < 1.29 is 24.0 Å². The smallest absolute Gasteiger partial charge is 0.234 e. The van der Waals surface area contributed by atoms with Gasteiger partial charge in [0.1, 0.15) is 0 Å². The average molecular weight is 884 g/mol. The minimum atomic E-state index is -0.167. The van der Waals surface area contributed by atoms with Gasteiger partial charge in [-0.15, -0.1) is 0 Å². The van der Waals surface area contributed by atoms with Crippen molar-refractivity contribution in [3.05, 3.63) is 0 Å². The summed E-state index contributed by atoms with van der Waals surface area (Å²) >= 11 is 0. The molecule has 0 spiro atoms. The standard InChI is InChI=1S/C44H93N13O5/c45-21-11-1-6-16-26-50-40(58)35-55(31-33-56(36-41(59)51-27-17-7-2-12-22-46)37-42(60)52-28-18-8-3-13-23-47)32-34-57(38-43(61)53-29-19-9-4-14-24-48)39-44(62)54-30-20-10-5-15-25-49/h1-39,45-49H2,(H,50,58)(H,51,59)(H,52,60)(H,53,61)(H,54,62). The largest absolute Gasteiger partial charge is 0.355 e. The van der Waals surface area contributed by atoms with Crippen molar-refractivity contribution >= 4 is 29.5 Å². The van der Waals surface area contributed by atoms with Gasteiger partial charge in [0.2, 0.25) is 29.5 Å². The van der Waals surface area contributed by atoms with E-state index in [1.54, 1.807) is 0 Å². The van der Waals surface area contributed by atoms with E-state index in [1.165, 1.54) is 0 Å². The summed E-state index contributed by atoms with van der Waals surface area (Å²) in [6.07, 6.45) is 19.0. The molecular weight excluding hydrogens is 791 g/mol. The van der Waals surface area contributed by atoms with Crippen LogP contribution in [0.2, 0.25) is 0 Å². The molecule has 0 aliphatic heterocycles. The van der Waals surface area contributed by atoms with E-state index in [-0.39, 0.29) is 62.3 Å². The molecular formula is C44H93N13O5. The Kier molecular flexibility index (Phi) is 42.5. The van der Waals surface area contributed by atoms with Gasteiger partial charge in [-0.2, -0.15) is 0 Å². The summed E-state index contributed by atoms with van der Waals surface area (Å²) < 4.78 is 0. The molecule has 0 bridgehead atoms. The van der Waals surface area contributed by atoms with Crippen LogP contribution >= 0.6 is 0 Å². The lowest BCUT2D eigenvalue weighted by atomic mass is 10.2. The van der Waals surface area contributed by atoms with Crippen LogP contribution in [0.15, 0.2) is 0 Å². The first-order valence-corrected chi connectivity index (χ1v) is 24.2. The molecule has 5 amide bonds. The first-order valence-electron chi connectivity index (χ1n) is 24.2. The number of amides is 5.